The van der Waals surface area contributed by atoms with Gasteiger partial charge in [0, 0.05) is 12.1 Å². The lowest BCUT2D eigenvalue weighted by molar-refractivity contribution is 0.180. The minimum Gasteiger partial charge on any atom is -0.328 e. The summed E-state index contributed by atoms with van der Waals surface area (Å²) in [4.78, 5) is 2.59. The minimum atomic E-state index is 0.479. The predicted octanol–water partition coefficient (Wildman–Crippen LogP) is 5.11. The van der Waals surface area contributed by atoms with Crippen molar-refractivity contribution in [3.8, 4) is 0 Å². The van der Waals surface area contributed by atoms with Crippen molar-refractivity contribution in [3.63, 3.8) is 0 Å². The highest BCUT2D eigenvalue weighted by Gasteiger charge is 2.21. The molecule has 0 saturated heterocycles. The summed E-state index contributed by atoms with van der Waals surface area (Å²) in [5.74, 6) is 0. The number of nitrogens with zero attached hydrogens (tertiary/aromatic N) is 1. The van der Waals surface area contributed by atoms with Crippen molar-refractivity contribution in [2.24, 2.45) is 5.73 Å². The summed E-state index contributed by atoms with van der Waals surface area (Å²) in [6, 6.07) is 1.29. The maximum Gasteiger partial charge on any atom is 0.00933 e. The molecule has 2 heteroatoms. The topological polar surface area (TPSA) is 29.3 Å². The molecule has 0 atom stereocenters. The summed E-state index contributed by atoms with van der Waals surface area (Å²) < 4.78 is 0. The van der Waals surface area contributed by atoms with Gasteiger partial charge in [-0.3, -0.25) is 0 Å². The van der Waals surface area contributed by atoms with Gasteiger partial charge in [0.15, 0.2) is 0 Å². The Morgan fingerprint density at radius 3 is 1.76 bits per heavy atom. The van der Waals surface area contributed by atoms with Gasteiger partial charge < -0.3 is 10.6 Å². The Balaban J connectivity index is 1.85. The molecular formula is C19H40N2. The van der Waals surface area contributed by atoms with Gasteiger partial charge in [-0.2, -0.15) is 0 Å². The van der Waals surface area contributed by atoms with E-state index in [1.165, 1.54) is 96.4 Å². The van der Waals surface area contributed by atoms with Crippen LogP contribution in [-0.4, -0.2) is 30.6 Å². The zero-order valence-corrected chi connectivity index (χ0v) is 14.8. The first kappa shape index (κ1) is 19.0. The molecule has 126 valence electrons. The summed E-state index contributed by atoms with van der Waals surface area (Å²) >= 11 is 0. The summed E-state index contributed by atoms with van der Waals surface area (Å²) in [6.07, 6.45) is 19.4. The second-order valence-electron chi connectivity index (χ2n) is 7.23. The van der Waals surface area contributed by atoms with Gasteiger partial charge >= 0.3 is 0 Å². The molecule has 2 nitrogen and oxygen atoms in total. The van der Waals surface area contributed by atoms with Crippen molar-refractivity contribution in [1.29, 1.82) is 0 Å². The minimum absolute atomic E-state index is 0.479. The van der Waals surface area contributed by atoms with Crippen molar-refractivity contribution in [2.75, 3.05) is 13.6 Å². The third kappa shape index (κ3) is 9.52. The quantitative estimate of drug-likeness (QED) is 0.507. The number of unbranched alkanes of at least 4 members (excludes halogenated alkanes) is 9. The fraction of sp³-hybridized carbons (Fsp3) is 1.00. The zero-order chi connectivity index (χ0) is 15.3. The smallest absolute Gasteiger partial charge is 0.00933 e. The molecule has 1 aliphatic rings. The lowest BCUT2D eigenvalue weighted by Gasteiger charge is -2.33. The van der Waals surface area contributed by atoms with Crippen LogP contribution in [0.2, 0.25) is 0 Å². The molecule has 0 unspecified atom stereocenters. The summed E-state index contributed by atoms with van der Waals surface area (Å²) in [5, 5.41) is 0. The third-order valence-electron chi connectivity index (χ3n) is 5.23. The highest BCUT2D eigenvalue weighted by Crippen LogP contribution is 2.21. The van der Waals surface area contributed by atoms with E-state index < -0.39 is 0 Å². The van der Waals surface area contributed by atoms with E-state index in [0.29, 0.717) is 6.04 Å². The van der Waals surface area contributed by atoms with Gasteiger partial charge in [0.05, 0.1) is 0 Å². The molecule has 0 aromatic heterocycles. The summed E-state index contributed by atoms with van der Waals surface area (Å²) in [5.41, 5.74) is 5.98. The summed E-state index contributed by atoms with van der Waals surface area (Å²) in [7, 11) is 2.31. The van der Waals surface area contributed by atoms with E-state index in [0.717, 1.165) is 6.04 Å². The van der Waals surface area contributed by atoms with Gasteiger partial charge in [-0.1, -0.05) is 64.7 Å². The van der Waals surface area contributed by atoms with E-state index in [2.05, 4.69) is 18.9 Å². The molecule has 21 heavy (non-hydrogen) atoms. The SMILES string of the molecule is CCCCCCCCCCCCN(C)C1CCC(N)CC1. The van der Waals surface area contributed by atoms with Crippen LogP contribution >= 0.6 is 0 Å². The molecule has 0 spiro atoms. The average Bonchev–Trinajstić information content (AvgIpc) is 2.49. The van der Waals surface area contributed by atoms with E-state index in [1.54, 1.807) is 0 Å². The van der Waals surface area contributed by atoms with Crippen LogP contribution in [0.15, 0.2) is 0 Å². The molecule has 0 bridgehead atoms. The number of hydrogen-bond acceptors (Lipinski definition) is 2. The molecule has 1 aliphatic carbocycles. The first-order chi connectivity index (χ1) is 10.2. The first-order valence-electron chi connectivity index (χ1n) is 9.70. The van der Waals surface area contributed by atoms with Crippen LogP contribution in [0.4, 0.5) is 0 Å². The van der Waals surface area contributed by atoms with E-state index in [9.17, 15) is 0 Å². The monoisotopic (exact) mass is 296 g/mol. The standard InChI is InChI=1S/C19H40N2/c1-3-4-5-6-7-8-9-10-11-12-17-21(2)19-15-13-18(20)14-16-19/h18-19H,3-17,20H2,1-2H3. The highest BCUT2D eigenvalue weighted by molar-refractivity contribution is 4.79. The maximum atomic E-state index is 5.98. The van der Waals surface area contributed by atoms with Crippen molar-refractivity contribution in [2.45, 2.75) is 109 Å². The lowest BCUT2D eigenvalue weighted by atomic mass is 9.91. The molecule has 1 fully saturated rings. The van der Waals surface area contributed by atoms with Crippen LogP contribution in [0.3, 0.4) is 0 Å². The van der Waals surface area contributed by atoms with Crippen LogP contribution in [-0.2, 0) is 0 Å². The van der Waals surface area contributed by atoms with E-state index >= 15 is 0 Å². The Morgan fingerprint density at radius 2 is 1.24 bits per heavy atom. The van der Waals surface area contributed by atoms with Gasteiger partial charge in [-0.05, 0) is 45.7 Å². The molecule has 2 N–H and O–H groups in total. The first-order valence-corrected chi connectivity index (χ1v) is 9.70. The van der Waals surface area contributed by atoms with Gasteiger partial charge in [0.25, 0.3) is 0 Å². The molecule has 0 aromatic rings. The summed E-state index contributed by atoms with van der Waals surface area (Å²) in [6.45, 7) is 3.58. The molecule has 0 aromatic carbocycles. The Kier molecular flexibility index (Phi) is 11.3. The fourth-order valence-electron chi connectivity index (χ4n) is 3.57. The molecular weight excluding hydrogens is 256 g/mol. The van der Waals surface area contributed by atoms with Crippen LogP contribution in [0, 0.1) is 0 Å². The van der Waals surface area contributed by atoms with Crippen LogP contribution < -0.4 is 5.73 Å². The fourth-order valence-corrected chi connectivity index (χ4v) is 3.57. The second kappa shape index (κ2) is 12.5. The van der Waals surface area contributed by atoms with E-state index in [-0.39, 0.29) is 0 Å². The Bertz CT molecular complexity index is 222. The van der Waals surface area contributed by atoms with Crippen LogP contribution in [0.5, 0.6) is 0 Å². The Morgan fingerprint density at radius 1 is 0.762 bits per heavy atom. The van der Waals surface area contributed by atoms with Crippen molar-refractivity contribution < 1.29 is 0 Å². The zero-order valence-electron chi connectivity index (χ0n) is 14.8. The van der Waals surface area contributed by atoms with Crippen LogP contribution in [0.1, 0.15) is 96.8 Å². The van der Waals surface area contributed by atoms with Gasteiger partial charge in [0.1, 0.15) is 0 Å². The molecule has 0 amide bonds. The second-order valence-corrected chi connectivity index (χ2v) is 7.23. The average molecular weight is 297 g/mol. The molecule has 1 saturated carbocycles. The Hall–Kier alpha value is -0.0800. The van der Waals surface area contributed by atoms with Gasteiger partial charge in [0.2, 0.25) is 0 Å². The van der Waals surface area contributed by atoms with Crippen LogP contribution in [0.25, 0.3) is 0 Å². The normalized spacial score (nSPS) is 22.9. The molecule has 0 aliphatic heterocycles. The van der Waals surface area contributed by atoms with Gasteiger partial charge in [-0.25, -0.2) is 0 Å². The van der Waals surface area contributed by atoms with Gasteiger partial charge in [-0.15, -0.1) is 0 Å². The number of rotatable bonds is 12. The largest absolute Gasteiger partial charge is 0.328 e. The maximum absolute atomic E-state index is 5.98. The van der Waals surface area contributed by atoms with Crippen molar-refractivity contribution in [3.05, 3.63) is 0 Å². The number of hydrogen-bond donors (Lipinski definition) is 1. The molecule has 1 rings (SSSR count). The number of nitrogens with two attached hydrogens (primary N) is 1. The third-order valence-corrected chi connectivity index (χ3v) is 5.23. The molecule has 0 radical (unpaired) electrons. The van der Waals surface area contributed by atoms with Crippen molar-refractivity contribution >= 4 is 0 Å². The van der Waals surface area contributed by atoms with E-state index in [4.69, 9.17) is 5.73 Å². The van der Waals surface area contributed by atoms with E-state index in [1.807, 2.05) is 0 Å². The highest BCUT2D eigenvalue weighted by atomic mass is 15.1. The molecule has 0 heterocycles. The predicted molar refractivity (Wildman–Crippen MR) is 94.7 cm³/mol. The Labute approximate surface area is 133 Å². The van der Waals surface area contributed by atoms with Crippen molar-refractivity contribution in [1.82, 2.24) is 4.90 Å². The lowest BCUT2D eigenvalue weighted by Crippen LogP contribution is -2.39.